The lowest BCUT2D eigenvalue weighted by atomic mass is 10.0. The number of ketones is 1. The number of hydrogen-bond acceptors (Lipinski definition) is 6. The van der Waals surface area contributed by atoms with Crippen molar-refractivity contribution in [1.29, 1.82) is 0 Å². The highest BCUT2D eigenvalue weighted by Gasteiger charge is 2.40. The first-order chi connectivity index (χ1) is 19.0. The zero-order valence-electron chi connectivity index (χ0n) is 21.0. The van der Waals surface area contributed by atoms with Crippen LogP contribution in [0.15, 0.2) is 76.2 Å². The SMILES string of the molecule is O=C(CCc1cccc(OCc2cccc(C(F)(F)F)n2)c1)[C@@H]1CCCN1S(=O)(=O)c1cc2cc(F)ccc2o1. The zero-order chi connectivity index (χ0) is 28.5. The first-order valence-corrected chi connectivity index (χ1v) is 13.9. The van der Waals surface area contributed by atoms with Crippen molar-refractivity contribution in [1.82, 2.24) is 9.29 Å². The second-order valence-corrected chi connectivity index (χ2v) is 11.3. The third-order valence-electron chi connectivity index (χ3n) is 6.64. The third-order valence-corrected chi connectivity index (χ3v) is 8.40. The average molecular weight is 577 g/mol. The lowest BCUT2D eigenvalue weighted by Crippen LogP contribution is -2.40. The summed E-state index contributed by atoms with van der Waals surface area (Å²) < 4.78 is 91.0. The molecule has 1 fully saturated rings. The summed E-state index contributed by atoms with van der Waals surface area (Å²) in [6, 6.07) is 14.5. The number of pyridine rings is 1. The quantitative estimate of drug-likeness (QED) is 0.230. The summed E-state index contributed by atoms with van der Waals surface area (Å²) in [7, 11) is -4.12. The Morgan fingerprint density at radius 3 is 2.67 bits per heavy atom. The molecule has 0 unspecified atom stereocenters. The van der Waals surface area contributed by atoms with Gasteiger partial charge >= 0.3 is 6.18 Å². The number of alkyl halides is 3. The van der Waals surface area contributed by atoms with Crippen LogP contribution in [0.5, 0.6) is 5.75 Å². The average Bonchev–Trinajstić information content (AvgIpc) is 3.59. The molecular formula is C28H24F4N2O5S. The predicted octanol–water partition coefficient (Wildman–Crippen LogP) is 5.92. The Morgan fingerprint density at radius 1 is 1.07 bits per heavy atom. The second-order valence-electron chi connectivity index (χ2n) is 9.44. The van der Waals surface area contributed by atoms with E-state index in [-0.39, 0.29) is 41.7 Å². The van der Waals surface area contributed by atoms with Gasteiger partial charge in [-0.2, -0.15) is 17.5 Å². The van der Waals surface area contributed by atoms with Crippen molar-refractivity contribution in [2.75, 3.05) is 6.54 Å². The summed E-state index contributed by atoms with van der Waals surface area (Å²) in [5.41, 5.74) is 0.0909. The number of Topliss-reactive ketones (excluding diaryl/α,β-unsaturated/α-hetero) is 1. The van der Waals surface area contributed by atoms with Crippen molar-refractivity contribution >= 4 is 26.8 Å². The fourth-order valence-electron chi connectivity index (χ4n) is 4.68. The topological polar surface area (TPSA) is 89.7 Å². The normalized spacial score (nSPS) is 16.4. The maximum atomic E-state index is 13.5. The number of halogens is 4. The lowest BCUT2D eigenvalue weighted by Gasteiger charge is -2.21. The summed E-state index contributed by atoms with van der Waals surface area (Å²) >= 11 is 0. The van der Waals surface area contributed by atoms with Gasteiger partial charge in [0.05, 0.1) is 11.7 Å². The Morgan fingerprint density at radius 2 is 1.88 bits per heavy atom. The van der Waals surface area contributed by atoms with Crippen LogP contribution >= 0.6 is 0 Å². The Kier molecular flexibility index (Phi) is 7.65. The van der Waals surface area contributed by atoms with E-state index < -0.39 is 33.8 Å². The molecule has 0 aliphatic carbocycles. The molecule has 1 atom stereocenters. The highest BCUT2D eigenvalue weighted by atomic mass is 32.2. The third kappa shape index (κ3) is 6.02. The highest BCUT2D eigenvalue weighted by molar-refractivity contribution is 7.89. The summed E-state index contributed by atoms with van der Waals surface area (Å²) in [6.45, 7) is -0.00727. The fraction of sp³-hybridized carbons (Fsp3) is 0.286. The Hall–Kier alpha value is -3.77. The summed E-state index contributed by atoms with van der Waals surface area (Å²) in [5.74, 6) is -0.369. The minimum absolute atomic E-state index is 0.0701. The number of hydrogen-bond donors (Lipinski definition) is 0. The van der Waals surface area contributed by atoms with Crippen molar-refractivity contribution in [2.45, 2.75) is 49.6 Å². The van der Waals surface area contributed by atoms with Gasteiger partial charge in [-0.3, -0.25) is 4.79 Å². The van der Waals surface area contributed by atoms with Crippen LogP contribution in [0.1, 0.15) is 36.2 Å². The molecule has 0 saturated carbocycles. The van der Waals surface area contributed by atoms with Crippen LogP contribution in [0, 0.1) is 5.82 Å². The number of benzene rings is 2. The van der Waals surface area contributed by atoms with Gasteiger partial charge in [0.2, 0.25) is 5.09 Å². The van der Waals surface area contributed by atoms with E-state index in [0.29, 0.717) is 30.4 Å². The molecule has 0 N–H and O–H groups in total. The van der Waals surface area contributed by atoms with Gasteiger partial charge in [-0.05, 0) is 67.3 Å². The molecule has 1 aliphatic heterocycles. The van der Waals surface area contributed by atoms with E-state index in [1.54, 1.807) is 24.3 Å². The van der Waals surface area contributed by atoms with Crippen molar-refractivity contribution in [3.05, 3.63) is 89.5 Å². The van der Waals surface area contributed by atoms with Crippen LogP contribution in [-0.4, -0.2) is 36.1 Å². The second kappa shape index (κ2) is 11.0. The van der Waals surface area contributed by atoms with Crippen LogP contribution in [0.3, 0.4) is 0 Å². The number of carbonyl (C=O) groups is 1. The molecule has 2 aromatic heterocycles. The number of ether oxygens (including phenoxy) is 1. The van der Waals surface area contributed by atoms with Gasteiger partial charge in [0.25, 0.3) is 10.0 Å². The molecule has 0 bridgehead atoms. The number of sulfonamides is 1. The van der Waals surface area contributed by atoms with Crippen molar-refractivity contribution < 1.29 is 39.9 Å². The number of nitrogens with zero attached hydrogens (tertiary/aromatic N) is 2. The standard InChI is InChI=1S/C28H24F4N2O5S/c29-20-10-12-25-19(15-20)16-27(39-25)40(36,37)34-13-3-7-23(34)24(35)11-9-18-4-1-6-22(14-18)38-17-21-5-2-8-26(33-21)28(30,31)32/h1-2,4-6,8,10,12,14-16,23H,3,7,9,11,13,17H2/t23-/m0/s1. The molecule has 210 valence electrons. The van der Waals surface area contributed by atoms with E-state index in [1.807, 2.05) is 0 Å². The maximum Gasteiger partial charge on any atom is 0.433 e. The molecule has 5 rings (SSSR count). The number of aromatic nitrogens is 1. The number of rotatable bonds is 9. The van der Waals surface area contributed by atoms with Gasteiger partial charge < -0.3 is 9.15 Å². The Labute approximate surface area is 227 Å². The molecule has 0 spiro atoms. The number of fused-ring (bicyclic) bond motifs is 1. The van der Waals surface area contributed by atoms with Gasteiger partial charge in [0, 0.05) is 24.4 Å². The lowest BCUT2D eigenvalue weighted by molar-refractivity contribution is -0.141. The minimum atomic E-state index is -4.55. The van der Waals surface area contributed by atoms with Gasteiger partial charge in [-0.25, -0.2) is 17.8 Å². The molecule has 7 nitrogen and oxygen atoms in total. The predicted molar refractivity (Wildman–Crippen MR) is 136 cm³/mol. The minimum Gasteiger partial charge on any atom is -0.487 e. The molecule has 0 radical (unpaired) electrons. The smallest absolute Gasteiger partial charge is 0.433 e. The van der Waals surface area contributed by atoms with Gasteiger partial charge in [0.1, 0.15) is 29.5 Å². The molecule has 40 heavy (non-hydrogen) atoms. The van der Waals surface area contributed by atoms with Crippen molar-refractivity contribution in [3.8, 4) is 5.75 Å². The molecule has 4 aromatic rings. The first kappa shape index (κ1) is 27.8. The van der Waals surface area contributed by atoms with Crippen LogP contribution < -0.4 is 4.74 Å². The Bertz CT molecular complexity index is 1650. The van der Waals surface area contributed by atoms with Crippen LogP contribution in [-0.2, 0) is 34.0 Å². The van der Waals surface area contributed by atoms with Crippen LogP contribution in [0.25, 0.3) is 11.0 Å². The highest BCUT2D eigenvalue weighted by Crippen LogP contribution is 2.32. The Balaban J connectivity index is 1.22. The molecule has 1 saturated heterocycles. The monoisotopic (exact) mass is 576 g/mol. The molecular weight excluding hydrogens is 552 g/mol. The van der Waals surface area contributed by atoms with Gasteiger partial charge in [-0.1, -0.05) is 18.2 Å². The van der Waals surface area contributed by atoms with E-state index >= 15 is 0 Å². The number of carbonyl (C=O) groups excluding carboxylic acids is 1. The van der Waals surface area contributed by atoms with Crippen molar-refractivity contribution in [3.63, 3.8) is 0 Å². The maximum absolute atomic E-state index is 13.5. The molecule has 0 amide bonds. The van der Waals surface area contributed by atoms with E-state index in [0.717, 1.165) is 15.9 Å². The molecule has 2 aromatic carbocycles. The first-order valence-electron chi connectivity index (χ1n) is 12.5. The zero-order valence-corrected chi connectivity index (χ0v) is 21.8. The van der Waals surface area contributed by atoms with E-state index in [2.05, 4.69) is 4.98 Å². The molecule has 1 aliphatic rings. The molecule has 3 heterocycles. The fourth-order valence-corrected chi connectivity index (χ4v) is 6.31. The van der Waals surface area contributed by atoms with Crippen molar-refractivity contribution in [2.24, 2.45) is 0 Å². The summed E-state index contributed by atoms with van der Waals surface area (Å²) in [4.78, 5) is 16.7. The van der Waals surface area contributed by atoms with Crippen LogP contribution in [0.4, 0.5) is 17.6 Å². The van der Waals surface area contributed by atoms with E-state index in [1.165, 1.54) is 36.4 Å². The largest absolute Gasteiger partial charge is 0.487 e. The van der Waals surface area contributed by atoms with E-state index in [4.69, 9.17) is 9.15 Å². The van der Waals surface area contributed by atoms with E-state index in [9.17, 15) is 30.8 Å². The number of aryl methyl sites for hydroxylation is 1. The summed E-state index contributed by atoms with van der Waals surface area (Å²) in [6.07, 6.45) is -3.29. The van der Waals surface area contributed by atoms with Crippen LogP contribution in [0.2, 0.25) is 0 Å². The van der Waals surface area contributed by atoms with Gasteiger partial charge in [0.15, 0.2) is 5.78 Å². The summed E-state index contributed by atoms with van der Waals surface area (Å²) in [5, 5.41) is -0.0282. The number of furan rings is 1. The molecule has 12 heteroatoms. The van der Waals surface area contributed by atoms with Gasteiger partial charge in [-0.15, -0.1) is 0 Å².